The van der Waals surface area contributed by atoms with Gasteiger partial charge in [-0.2, -0.15) is 5.26 Å². The van der Waals surface area contributed by atoms with Crippen molar-refractivity contribution in [2.75, 3.05) is 5.32 Å². The first kappa shape index (κ1) is 13.8. The van der Waals surface area contributed by atoms with Gasteiger partial charge < -0.3 is 10.4 Å². The van der Waals surface area contributed by atoms with Crippen molar-refractivity contribution in [1.29, 1.82) is 5.26 Å². The van der Waals surface area contributed by atoms with Gasteiger partial charge in [-0.25, -0.2) is 4.39 Å². The van der Waals surface area contributed by atoms with E-state index in [9.17, 15) is 14.3 Å². The number of phenols is 1. The number of anilines is 1. The zero-order valence-electron chi connectivity index (χ0n) is 10.0. The molecule has 2 aromatic rings. The smallest absolute Gasteiger partial charge is 0.259 e. The molecule has 2 N–H and O–H groups in total. The lowest BCUT2D eigenvalue weighted by atomic mass is 10.1. The number of aromatic hydroxyl groups is 1. The van der Waals surface area contributed by atoms with E-state index < -0.39 is 17.5 Å². The highest BCUT2D eigenvalue weighted by Gasteiger charge is 2.12. The number of hydrogen-bond acceptors (Lipinski definition) is 3. The molecular weight excluding hydrogens is 283 g/mol. The predicted octanol–water partition coefficient (Wildman–Crippen LogP) is 3.31. The Hall–Kier alpha value is -2.58. The molecule has 0 aliphatic rings. The van der Waals surface area contributed by atoms with Gasteiger partial charge in [-0.3, -0.25) is 4.79 Å². The third-order valence-corrected chi connectivity index (χ3v) is 2.86. The Balaban J connectivity index is 2.24. The van der Waals surface area contributed by atoms with Gasteiger partial charge in [0.15, 0.2) is 0 Å². The van der Waals surface area contributed by atoms with Crippen molar-refractivity contribution in [2.45, 2.75) is 0 Å². The number of rotatable bonds is 2. The molecule has 0 unspecified atom stereocenters. The summed E-state index contributed by atoms with van der Waals surface area (Å²) in [5, 5.41) is 20.9. The molecule has 0 fully saturated rings. The van der Waals surface area contributed by atoms with Gasteiger partial charge in [0.1, 0.15) is 17.6 Å². The molecule has 0 bridgehead atoms. The molecule has 1 amide bonds. The zero-order valence-corrected chi connectivity index (χ0v) is 10.8. The fourth-order valence-corrected chi connectivity index (χ4v) is 1.80. The summed E-state index contributed by atoms with van der Waals surface area (Å²) in [6, 6.07) is 9.37. The largest absolute Gasteiger partial charge is 0.507 e. The highest BCUT2D eigenvalue weighted by molar-refractivity contribution is 6.32. The van der Waals surface area contributed by atoms with Crippen molar-refractivity contribution < 1.29 is 14.3 Å². The van der Waals surface area contributed by atoms with Gasteiger partial charge in [-0.05, 0) is 30.3 Å². The average molecular weight is 291 g/mol. The second kappa shape index (κ2) is 5.59. The lowest BCUT2D eigenvalue weighted by Gasteiger charge is -2.07. The second-order valence-corrected chi connectivity index (χ2v) is 4.33. The maximum atomic E-state index is 12.8. The minimum absolute atomic E-state index is 0.0631. The number of nitrogens with one attached hydrogen (secondary N) is 1. The van der Waals surface area contributed by atoms with Crippen LogP contribution in [0.15, 0.2) is 36.4 Å². The Bertz CT molecular complexity index is 726. The van der Waals surface area contributed by atoms with Crippen LogP contribution in [-0.2, 0) is 0 Å². The van der Waals surface area contributed by atoms with Crippen LogP contribution < -0.4 is 5.32 Å². The molecule has 4 nitrogen and oxygen atoms in total. The lowest BCUT2D eigenvalue weighted by Crippen LogP contribution is -2.12. The fourth-order valence-electron chi connectivity index (χ4n) is 1.58. The van der Waals surface area contributed by atoms with Crippen LogP contribution >= 0.6 is 11.6 Å². The molecule has 100 valence electrons. The van der Waals surface area contributed by atoms with Gasteiger partial charge in [0.05, 0.1) is 16.1 Å². The Morgan fingerprint density at radius 3 is 2.65 bits per heavy atom. The molecule has 2 rings (SSSR count). The van der Waals surface area contributed by atoms with Crippen molar-refractivity contribution in [3.63, 3.8) is 0 Å². The SMILES string of the molecule is N#Cc1ccc(NC(=O)c2ccc(F)cc2O)cc1Cl. The van der Waals surface area contributed by atoms with Crippen molar-refractivity contribution in [3.05, 3.63) is 58.4 Å². The van der Waals surface area contributed by atoms with Crippen LogP contribution in [-0.4, -0.2) is 11.0 Å². The van der Waals surface area contributed by atoms with E-state index in [2.05, 4.69) is 5.32 Å². The summed E-state index contributed by atoms with van der Waals surface area (Å²) in [6.07, 6.45) is 0. The highest BCUT2D eigenvalue weighted by Crippen LogP contribution is 2.23. The highest BCUT2D eigenvalue weighted by atomic mass is 35.5. The van der Waals surface area contributed by atoms with Gasteiger partial charge in [0.2, 0.25) is 0 Å². The van der Waals surface area contributed by atoms with E-state index in [0.29, 0.717) is 5.69 Å². The minimum Gasteiger partial charge on any atom is -0.507 e. The number of nitrogens with zero attached hydrogens (tertiary/aromatic N) is 1. The molecule has 0 heterocycles. The number of carbonyl (C=O) groups is 1. The van der Waals surface area contributed by atoms with Crippen LogP contribution in [0.1, 0.15) is 15.9 Å². The molecule has 6 heteroatoms. The summed E-state index contributed by atoms with van der Waals surface area (Å²) in [7, 11) is 0. The molecule has 0 spiro atoms. The summed E-state index contributed by atoms with van der Waals surface area (Å²) >= 11 is 5.84. The standard InChI is InChI=1S/C14H8ClFN2O2/c15-12-6-10(3-1-8(12)7-17)18-14(20)11-4-2-9(16)5-13(11)19/h1-6,19H,(H,18,20). The van der Waals surface area contributed by atoms with Crippen molar-refractivity contribution >= 4 is 23.2 Å². The van der Waals surface area contributed by atoms with E-state index in [1.807, 2.05) is 6.07 Å². The first-order chi connectivity index (χ1) is 9.51. The molecule has 0 aliphatic heterocycles. The molecule has 2 aromatic carbocycles. The molecule has 0 saturated carbocycles. The Labute approximate surface area is 119 Å². The normalized spacial score (nSPS) is 9.85. The van der Waals surface area contributed by atoms with E-state index in [4.69, 9.17) is 16.9 Å². The van der Waals surface area contributed by atoms with E-state index in [0.717, 1.165) is 12.1 Å². The molecular formula is C14H8ClFN2O2. The molecule has 0 atom stereocenters. The summed E-state index contributed by atoms with van der Waals surface area (Å²) in [4.78, 5) is 11.9. The molecule has 20 heavy (non-hydrogen) atoms. The van der Waals surface area contributed by atoms with Gasteiger partial charge in [0, 0.05) is 11.8 Å². The van der Waals surface area contributed by atoms with Gasteiger partial charge >= 0.3 is 0 Å². The van der Waals surface area contributed by atoms with Crippen LogP contribution in [0.2, 0.25) is 5.02 Å². The molecule has 0 radical (unpaired) electrons. The van der Waals surface area contributed by atoms with Gasteiger partial charge in [0.25, 0.3) is 5.91 Å². The molecule has 0 aromatic heterocycles. The van der Waals surface area contributed by atoms with Crippen LogP contribution in [0, 0.1) is 17.1 Å². The van der Waals surface area contributed by atoms with Gasteiger partial charge in [-0.15, -0.1) is 0 Å². The second-order valence-electron chi connectivity index (χ2n) is 3.92. The van der Waals surface area contributed by atoms with E-state index in [1.54, 1.807) is 0 Å². The Morgan fingerprint density at radius 1 is 1.30 bits per heavy atom. The zero-order chi connectivity index (χ0) is 14.7. The first-order valence-corrected chi connectivity index (χ1v) is 5.88. The minimum atomic E-state index is -0.638. The van der Waals surface area contributed by atoms with Crippen LogP contribution in [0.5, 0.6) is 5.75 Å². The summed E-state index contributed by atoms with van der Waals surface area (Å²) < 4.78 is 12.8. The summed E-state index contributed by atoms with van der Waals surface area (Å²) in [6.45, 7) is 0. The quantitative estimate of drug-likeness (QED) is 0.891. The van der Waals surface area contributed by atoms with Gasteiger partial charge in [-0.1, -0.05) is 11.6 Å². The maximum Gasteiger partial charge on any atom is 0.259 e. The first-order valence-electron chi connectivity index (χ1n) is 5.51. The number of carbonyl (C=O) groups excluding carboxylic acids is 1. The third kappa shape index (κ3) is 2.87. The summed E-state index contributed by atoms with van der Waals surface area (Å²) in [5.74, 6) is -1.70. The van der Waals surface area contributed by atoms with E-state index >= 15 is 0 Å². The topological polar surface area (TPSA) is 73.1 Å². The number of nitriles is 1. The van der Waals surface area contributed by atoms with Crippen molar-refractivity contribution in [3.8, 4) is 11.8 Å². The van der Waals surface area contributed by atoms with Crippen LogP contribution in [0.3, 0.4) is 0 Å². The molecule has 0 aliphatic carbocycles. The number of amides is 1. The van der Waals surface area contributed by atoms with Crippen LogP contribution in [0.4, 0.5) is 10.1 Å². The van der Waals surface area contributed by atoms with Crippen LogP contribution in [0.25, 0.3) is 0 Å². The maximum absolute atomic E-state index is 12.8. The lowest BCUT2D eigenvalue weighted by molar-refractivity contribution is 0.102. The molecule has 0 saturated heterocycles. The summed E-state index contributed by atoms with van der Waals surface area (Å²) in [5.41, 5.74) is 0.587. The average Bonchev–Trinajstić information content (AvgIpc) is 2.38. The third-order valence-electron chi connectivity index (χ3n) is 2.55. The number of halogens is 2. The Morgan fingerprint density at radius 2 is 2.05 bits per heavy atom. The van der Waals surface area contributed by atoms with Crippen molar-refractivity contribution in [2.24, 2.45) is 0 Å². The monoisotopic (exact) mass is 290 g/mol. The van der Waals surface area contributed by atoms with E-state index in [1.165, 1.54) is 24.3 Å². The number of benzene rings is 2. The van der Waals surface area contributed by atoms with Crippen molar-refractivity contribution in [1.82, 2.24) is 0 Å². The number of phenolic OH excluding ortho intramolecular Hbond substituents is 1. The predicted molar refractivity (Wildman–Crippen MR) is 72.2 cm³/mol. The Kier molecular flexibility index (Phi) is 3.87. The number of hydrogen-bond donors (Lipinski definition) is 2. The van der Waals surface area contributed by atoms with E-state index in [-0.39, 0.29) is 16.1 Å². The fraction of sp³-hybridized carbons (Fsp3) is 0.